The van der Waals surface area contributed by atoms with Gasteiger partial charge in [-0.3, -0.25) is 0 Å². The van der Waals surface area contributed by atoms with Crippen LogP contribution in [0.15, 0.2) is 0 Å². The molecule has 5 atom stereocenters. The van der Waals surface area contributed by atoms with E-state index in [-0.39, 0.29) is 0 Å². The number of alkyl halides is 1. The molecule has 2 heteroatoms. The van der Waals surface area contributed by atoms with Crippen molar-refractivity contribution in [2.75, 3.05) is 5.33 Å². The van der Waals surface area contributed by atoms with Gasteiger partial charge < -0.3 is 4.74 Å². The summed E-state index contributed by atoms with van der Waals surface area (Å²) in [5, 5.41) is 1.15. The second kappa shape index (κ2) is 1.78. The predicted octanol–water partition coefficient (Wildman–Crippen LogP) is 1.80. The van der Waals surface area contributed by atoms with Gasteiger partial charge in [0.15, 0.2) is 0 Å². The quantitative estimate of drug-likeness (QED) is 0.590. The Morgan fingerprint density at radius 3 is 2.80 bits per heavy atom. The normalized spacial score (nSPS) is 62.7. The molecule has 2 aliphatic heterocycles. The molecule has 2 saturated heterocycles. The van der Waals surface area contributed by atoms with Gasteiger partial charge in [-0.25, -0.2) is 0 Å². The fourth-order valence-electron chi connectivity index (χ4n) is 2.72. The zero-order valence-corrected chi connectivity index (χ0v) is 7.38. The summed E-state index contributed by atoms with van der Waals surface area (Å²) >= 11 is 3.54. The van der Waals surface area contributed by atoms with Gasteiger partial charge >= 0.3 is 0 Å². The van der Waals surface area contributed by atoms with Gasteiger partial charge in [0, 0.05) is 5.33 Å². The topological polar surface area (TPSA) is 9.23 Å². The lowest BCUT2D eigenvalue weighted by molar-refractivity contribution is 0.0638. The summed E-state index contributed by atoms with van der Waals surface area (Å²) in [6.45, 7) is 0. The molecule has 3 aliphatic rings. The Labute approximate surface area is 69.3 Å². The van der Waals surface area contributed by atoms with Crippen LogP contribution in [0.3, 0.4) is 0 Å². The van der Waals surface area contributed by atoms with Crippen molar-refractivity contribution in [1.29, 1.82) is 0 Å². The van der Waals surface area contributed by atoms with Crippen LogP contribution in [0.4, 0.5) is 0 Å². The second-order valence-corrected chi connectivity index (χ2v) is 4.50. The van der Waals surface area contributed by atoms with E-state index in [1.165, 1.54) is 12.8 Å². The van der Waals surface area contributed by atoms with Crippen LogP contribution in [-0.4, -0.2) is 17.5 Å². The monoisotopic (exact) mass is 202 g/mol. The number of fused-ring (bicyclic) bond motifs is 5. The van der Waals surface area contributed by atoms with Crippen molar-refractivity contribution in [1.82, 2.24) is 0 Å². The maximum atomic E-state index is 5.81. The van der Waals surface area contributed by atoms with Crippen molar-refractivity contribution in [2.45, 2.75) is 25.0 Å². The van der Waals surface area contributed by atoms with E-state index in [0.717, 1.165) is 23.1 Å². The molecule has 56 valence electrons. The molecular formula is C8H11BrO. The molecule has 0 aromatic rings. The molecule has 0 amide bonds. The third-order valence-electron chi connectivity index (χ3n) is 3.32. The lowest BCUT2D eigenvalue weighted by Gasteiger charge is -2.14. The van der Waals surface area contributed by atoms with Crippen molar-refractivity contribution in [3.05, 3.63) is 0 Å². The third kappa shape index (κ3) is 0.578. The first-order chi connectivity index (χ1) is 4.90. The minimum absolute atomic E-state index is 0.648. The van der Waals surface area contributed by atoms with Crippen molar-refractivity contribution >= 4 is 15.9 Å². The van der Waals surface area contributed by atoms with Crippen molar-refractivity contribution < 1.29 is 4.74 Å². The van der Waals surface area contributed by atoms with Crippen LogP contribution < -0.4 is 0 Å². The summed E-state index contributed by atoms with van der Waals surface area (Å²) in [5.41, 5.74) is 0. The highest BCUT2D eigenvalue weighted by Crippen LogP contribution is 2.60. The first-order valence-corrected chi connectivity index (χ1v) is 5.23. The zero-order valence-electron chi connectivity index (χ0n) is 5.79. The molecule has 1 aliphatic carbocycles. The predicted molar refractivity (Wildman–Crippen MR) is 42.2 cm³/mol. The summed E-state index contributed by atoms with van der Waals surface area (Å²) in [7, 11) is 0. The van der Waals surface area contributed by atoms with Crippen LogP contribution in [0.25, 0.3) is 0 Å². The van der Waals surface area contributed by atoms with E-state index in [1.54, 1.807) is 0 Å². The maximum absolute atomic E-state index is 5.81. The standard InChI is InChI=1S/C8H11BrO/c9-3-4-1-7-5-2-6(5)8(4)10-7/h4-8H,1-3H2. The van der Waals surface area contributed by atoms with Gasteiger partial charge in [-0.15, -0.1) is 0 Å². The molecule has 10 heavy (non-hydrogen) atoms. The molecule has 0 aromatic heterocycles. The van der Waals surface area contributed by atoms with Gasteiger partial charge in [-0.2, -0.15) is 0 Å². The van der Waals surface area contributed by atoms with Crippen LogP contribution >= 0.6 is 15.9 Å². The summed E-state index contributed by atoms with van der Waals surface area (Å²) in [6.07, 6.45) is 4.11. The lowest BCUT2D eigenvalue weighted by Crippen LogP contribution is -2.19. The van der Waals surface area contributed by atoms with Gasteiger partial charge in [0.25, 0.3) is 0 Å². The van der Waals surface area contributed by atoms with Crippen LogP contribution in [0.1, 0.15) is 12.8 Å². The Balaban J connectivity index is 1.85. The fourth-order valence-corrected chi connectivity index (χ4v) is 3.35. The minimum Gasteiger partial charge on any atom is -0.374 e. The zero-order chi connectivity index (χ0) is 6.72. The lowest BCUT2D eigenvalue weighted by atomic mass is 9.91. The summed E-state index contributed by atoms with van der Waals surface area (Å²) in [6, 6.07) is 0. The molecule has 3 rings (SSSR count). The number of ether oxygens (including phenoxy) is 1. The fraction of sp³-hybridized carbons (Fsp3) is 1.00. The highest BCUT2D eigenvalue weighted by atomic mass is 79.9. The Hall–Kier alpha value is 0.440. The van der Waals surface area contributed by atoms with Crippen LogP contribution in [0.2, 0.25) is 0 Å². The number of halogens is 1. The van der Waals surface area contributed by atoms with E-state index in [9.17, 15) is 0 Å². The highest BCUT2D eigenvalue weighted by Gasteiger charge is 2.62. The van der Waals surface area contributed by atoms with Gasteiger partial charge in [-0.1, -0.05) is 15.9 Å². The molecule has 0 aromatic carbocycles. The van der Waals surface area contributed by atoms with E-state index in [4.69, 9.17) is 4.74 Å². The van der Waals surface area contributed by atoms with Gasteiger partial charge in [-0.05, 0) is 30.6 Å². The molecule has 0 spiro atoms. The van der Waals surface area contributed by atoms with Gasteiger partial charge in [0.1, 0.15) is 0 Å². The minimum atomic E-state index is 0.648. The summed E-state index contributed by atoms with van der Waals surface area (Å²) in [5.74, 6) is 2.80. The Bertz CT molecular complexity index is 171. The average molecular weight is 203 g/mol. The molecule has 2 heterocycles. The number of hydrogen-bond acceptors (Lipinski definition) is 1. The van der Waals surface area contributed by atoms with E-state index >= 15 is 0 Å². The third-order valence-corrected chi connectivity index (χ3v) is 4.15. The SMILES string of the molecule is BrCC1CC2OC1C1CC21. The van der Waals surface area contributed by atoms with Gasteiger partial charge in [0.05, 0.1) is 12.2 Å². The molecule has 1 nitrogen and oxygen atoms in total. The van der Waals surface area contributed by atoms with Crippen LogP contribution in [0.5, 0.6) is 0 Å². The Morgan fingerprint density at radius 1 is 1.30 bits per heavy atom. The molecule has 3 fully saturated rings. The van der Waals surface area contributed by atoms with E-state index in [1.807, 2.05) is 0 Å². The molecule has 1 saturated carbocycles. The van der Waals surface area contributed by atoms with Crippen molar-refractivity contribution in [3.63, 3.8) is 0 Å². The summed E-state index contributed by atoms with van der Waals surface area (Å²) < 4.78 is 5.81. The second-order valence-electron chi connectivity index (χ2n) is 3.85. The maximum Gasteiger partial charge on any atom is 0.0647 e. The first-order valence-electron chi connectivity index (χ1n) is 4.11. The van der Waals surface area contributed by atoms with Gasteiger partial charge in [0.2, 0.25) is 0 Å². The molecule has 0 N–H and O–H groups in total. The molecule has 2 bridgehead atoms. The van der Waals surface area contributed by atoms with Crippen molar-refractivity contribution in [2.24, 2.45) is 17.8 Å². The van der Waals surface area contributed by atoms with E-state index < -0.39 is 0 Å². The van der Waals surface area contributed by atoms with E-state index in [2.05, 4.69) is 15.9 Å². The molecule has 0 radical (unpaired) electrons. The number of hydrogen-bond donors (Lipinski definition) is 0. The highest BCUT2D eigenvalue weighted by molar-refractivity contribution is 9.09. The van der Waals surface area contributed by atoms with Crippen LogP contribution in [-0.2, 0) is 4.74 Å². The Morgan fingerprint density at radius 2 is 2.20 bits per heavy atom. The first kappa shape index (κ1) is 6.01. The number of rotatable bonds is 1. The molecule has 5 unspecified atom stereocenters. The summed E-state index contributed by atoms with van der Waals surface area (Å²) in [4.78, 5) is 0. The van der Waals surface area contributed by atoms with E-state index in [0.29, 0.717) is 12.2 Å². The largest absolute Gasteiger partial charge is 0.374 e. The van der Waals surface area contributed by atoms with Crippen LogP contribution in [0, 0.1) is 17.8 Å². The Kier molecular flexibility index (Phi) is 1.07. The average Bonchev–Trinajstić information content (AvgIpc) is 2.58. The van der Waals surface area contributed by atoms with Crippen molar-refractivity contribution in [3.8, 4) is 0 Å². The smallest absolute Gasteiger partial charge is 0.0647 e. The molecular weight excluding hydrogens is 192 g/mol.